The molecule has 3 N–H and O–H groups in total. The number of hydrogen-bond acceptors (Lipinski definition) is 6. The summed E-state index contributed by atoms with van der Waals surface area (Å²) in [4.78, 5) is 22.8. The number of amides is 2. The van der Waals surface area contributed by atoms with Gasteiger partial charge in [0.25, 0.3) is 0 Å². The summed E-state index contributed by atoms with van der Waals surface area (Å²) in [5.41, 5.74) is 1.22. The van der Waals surface area contributed by atoms with E-state index >= 15 is 0 Å². The molecular formula is C18H24N2O7. The number of rotatable bonds is 6. The lowest BCUT2D eigenvalue weighted by molar-refractivity contribution is -0.215. The van der Waals surface area contributed by atoms with E-state index in [2.05, 4.69) is 10.6 Å². The fourth-order valence-corrected chi connectivity index (χ4v) is 3.25. The third-order valence-electron chi connectivity index (χ3n) is 4.39. The Hall–Kier alpha value is -2.20. The van der Waals surface area contributed by atoms with Crippen molar-refractivity contribution in [1.82, 2.24) is 5.32 Å². The van der Waals surface area contributed by atoms with Gasteiger partial charge in [0.1, 0.15) is 18.3 Å². The van der Waals surface area contributed by atoms with Crippen LogP contribution >= 0.6 is 0 Å². The highest BCUT2D eigenvalue weighted by molar-refractivity contribution is 5.89. The molecule has 1 aromatic carbocycles. The van der Waals surface area contributed by atoms with Crippen molar-refractivity contribution in [3.63, 3.8) is 0 Å². The molecule has 0 aliphatic carbocycles. The number of fused-ring (bicyclic) bond motifs is 1. The quantitative estimate of drug-likeness (QED) is 0.682. The Morgan fingerprint density at radius 3 is 2.56 bits per heavy atom. The first kappa shape index (κ1) is 19.6. The molecule has 2 saturated heterocycles. The minimum absolute atomic E-state index is 0.0623. The predicted molar refractivity (Wildman–Crippen MR) is 94.3 cm³/mol. The van der Waals surface area contributed by atoms with Crippen molar-refractivity contribution >= 4 is 17.7 Å². The number of methoxy groups -OCH3 is 1. The van der Waals surface area contributed by atoms with Crippen molar-refractivity contribution in [2.45, 2.75) is 50.7 Å². The van der Waals surface area contributed by atoms with Crippen molar-refractivity contribution in [2.75, 3.05) is 19.0 Å². The second-order valence-electron chi connectivity index (χ2n) is 6.95. The molecule has 2 fully saturated rings. The van der Waals surface area contributed by atoms with Crippen molar-refractivity contribution in [3.8, 4) is 0 Å². The summed E-state index contributed by atoms with van der Waals surface area (Å²) < 4.78 is 22.8. The Bertz CT molecular complexity index is 691. The van der Waals surface area contributed by atoms with Gasteiger partial charge in [-0.1, -0.05) is 12.1 Å². The summed E-state index contributed by atoms with van der Waals surface area (Å²) >= 11 is 0. The Morgan fingerprint density at radius 2 is 1.93 bits per heavy atom. The highest BCUT2D eigenvalue weighted by Crippen LogP contribution is 2.38. The van der Waals surface area contributed by atoms with Crippen molar-refractivity contribution in [1.29, 1.82) is 0 Å². The number of carbonyl (C=O) groups is 2. The lowest BCUT2D eigenvalue weighted by Gasteiger charge is -2.25. The van der Waals surface area contributed by atoms with Crippen LogP contribution in [0.1, 0.15) is 19.4 Å². The fraction of sp³-hybridized carbons (Fsp3) is 0.556. The maximum absolute atomic E-state index is 12.1. The molecule has 2 aliphatic rings. The van der Waals surface area contributed by atoms with E-state index < -0.39 is 30.2 Å². The van der Waals surface area contributed by atoms with Gasteiger partial charge in [0.15, 0.2) is 12.1 Å². The zero-order valence-corrected chi connectivity index (χ0v) is 15.4. The third kappa shape index (κ3) is 4.75. The topological polar surface area (TPSA) is 115 Å². The SMILES string of the molecule is CO[C@H]1[C@H]2OC(C)(C)O[C@H]2O[C@@H]1CNC(=O)Nc1ccc(CC(=O)O)cc1. The number of ether oxygens (including phenoxy) is 4. The summed E-state index contributed by atoms with van der Waals surface area (Å²) in [6, 6.07) is 6.20. The van der Waals surface area contributed by atoms with E-state index in [0.29, 0.717) is 11.3 Å². The maximum Gasteiger partial charge on any atom is 0.319 e. The van der Waals surface area contributed by atoms with Crippen LogP contribution in [0.4, 0.5) is 10.5 Å². The van der Waals surface area contributed by atoms with Crippen LogP contribution in [-0.4, -0.2) is 61.2 Å². The number of carbonyl (C=O) groups excluding carboxylic acids is 1. The second kappa shape index (κ2) is 7.81. The van der Waals surface area contributed by atoms with Gasteiger partial charge in [-0.2, -0.15) is 0 Å². The summed E-state index contributed by atoms with van der Waals surface area (Å²) in [5, 5.41) is 14.2. The van der Waals surface area contributed by atoms with Crippen LogP contribution in [-0.2, 0) is 30.2 Å². The molecule has 2 aliphatic heterocycles. The second-order valence-corrected chi connectivity index (χ2v) is 6.95. The summed E-state index contributed by atoms with van der Waals surface area (Å²) in [6.07, 6.45) is -1.69. The first-order valence-electron chi connectivity index (χ1n) is 8.67. The average Bonchev–Trinajstić information content (AvgIpc) is 3.05. The molecule has 27 heavy (non-hydrogen) atoms. The standard InChI is InChI=1S/C18H24N2O7/c1-18(2)26-15-14(24-3)12(25-16(15)27-18)9-19-17(23)20-11-6-4-10(5-7-11)8-13(21)22/h4-7,12,14-16H,8-9H2,1-3H3,(H,21,22)(H2,19,20,23)/t12-,14-,15-,16-/m1/s1. The largest absolute Gasteiger partial charge is 0.481 e. The molecule has 0 unspecified atom stereocenters. The Labute approximate surface area is 156 Å². The van der Waals surface area contributed by atoms with Gasteiger partial charge in [0.2, 0.25) is 0 Å². The summed E-state index contributed by atoms with van der Waals surface area (Å²) in [7, 11) is 1.57. The lowest BCUT2D eigenvalue weighted by Crippen LogP contribution is -2.43. The van der Waals surface area contributed by atoms with Crippen molar-refractivity contribution < 1.29 is 33.6 Å². The lowest BCUT2D eigenvalue weighted by atomic mass is 10.1. The van der Waals surface area contributed by atoms with E-state index in [9.17, 15) is 9.59 Å². The van der Waals surface area contributed by atoms with Crippen LogP contribution in [0.3, 0.4) is 0 Å². The number of nitrogens with one attached hydrogen (secondary N) is 2. The third-order valence-corrected chi connectivity index (χ3v) is 4.39. The summed E-state index contributed by atoms with van der Waals surface area (Å²) in [6.45, 7) is 3.84. The number of anilines is 1. The monoisotopic (exact) mass is 380 g/mol. The van der Waals surface area contributed by atoms with Crippen LogP contribution < -0.4 is 10.6 Å². The molecule has 2 amide bonds. The molecule has 0 radical (unpaired) electrons. The number of carboxylic acids is 1. The van der Waals surface area contributed by atoms with Crippen LogP contribution in [0.2, 0.25) is 0 Å². The zero-order valence-electron chi connectivity index (χ0n) is 15.4. The van der Waals surface area contributed by atoms with Crippen molar-refractivity contribution in [2.24, 2.45) is 0 Å². The van der Waals surface area contributed by atoms with E-state index in [4.69, 9.17) is 24.1 Å². The van der Waals surface area contributed by atoms with Crippen LogP contribution in [0.5, 0.6) is 0 Å². The van der Waals surface area contributed by atoms with Gasteiger partial charge in [0, 0.05) is 19.3 Å². The zero-order chi connectivity index (χ0) is 19.6. The van der Waals surface area contributed by atoms with Crippen molar-refractivity contribution in [3.05, 3.63) is 29.8 Å². The van der Waals surface area contributed by atoms with E-state index in [-0.39, 0.29) is 25.2 Å². The minimum Gasteiger partial charge on any atom is -0.481 e. The molecule has 1 aromatic rings. The van der Waals surface area contributed by atoms with Gasteiger partial charge in [0.05, 0.1) is 6.42 Å². The van der Waals surface area contributed by atoms with Gasteiger partial charge in [-0.15, -0.1) is 0 Å². The first-order chi connectivity index (χ1) is 12.8. The van der Waals surface area contributed by atoms with Crippen LogP contribution in [0.25, 0.3) is 0 Å². The number of urea groups is 1. The van der Waals surface area contributed by atoms with Gasteiger partial charge in [-0.25, -0.2) is 4.79 Å². The van der Waals surface area contributed by atoms with Gasteiger partial charge >= 0.3 is 12.0 Å². The molecule has 9 heteroatoms. The van der Waals surface area contributed by atoms with E-state index in [1.54, 1.807) is 31.4 Å². The highest BCUT2D eigenvalue weighted by Gasteiger charge is 2.55. The summed E-state index contributed by atoms with van der Waals surface area (Å²) in [5.74, 6) is -1.63. The van der Waals surface area contributed by atoms with Crippen LogP contribution in [0, 0.1) is 0 Å². The molecule has 9 nitrogen and oxygen atoms in total. The normalized spacial score (nSPS) is 28.6. The number of hydrogen-bond donors (Lipinski definition) is 3. The smallest absolute Gasteiger partial charge is 0.319 e. The van der Waals surface area contributed by atoms with Gasteiger partial charge in [-0.05, 0) is 31.5 Å². The molecule has 4 atom stereocenters. The molecule has 3 rings (SSSR count). The Balaban J connectivity index is 1.49. The number of benzene rings is 1. The molecular weight excluding hydrogens is 356 g/mol. The minimum atomic E-state index is -0.904. The Morgan fingerprint density at radius 1 is 1.22 bits per heavy atom. The fourth-order valence-electron chi connectivity index (χ4n) is 3.25. The van der Waals surface area contributed by atoms with E-state index in [0.717, 1.165) is 0 Å². The molecule has 0 aromatic heterocycles. The number of aliphatic carboxylic acids is 1. The maximum atomic E-state index is 12.1. The predicted octanol–water partition coefficient (Wildman–Crippen LogP) is 1.33. The molecule has 2 heterocycles. The molecule has 148 valence electrons. The molecule has 0 spiro atoms. The van der Waals surface area contributed by atoms with Gasteiger partial charge < -0.3 is 34.7 Å². The Kier molecular flexibility index (Phi) is 5.66. The molecule has 0 saturated carbocycles. The van der Waals surface area contributed by atoms with Gasteiger partial charge in [-0.3, -0.25) is 4.79 Å². The average molecular weight is 380 g/mol. The number of carboxylic acid groups (broad SMARTS) is 1. The van der Waals surface area contributed by atoms with Crippen LogP contribution in [0.15, 0.2) is 24.3 Å². The highest BCUT2D eigenvalue weighted by atomic mass is 16.8. The molecule has 0 bridgehead atoms. The van der Waals surface area contributed by atoms with E-state index in [1.807, 2.05) is 13.8 Å². The van der Waals surface area contributed by atoms with E-state index in [1.165, 1.54) is 0 Å². The first-order valence-corrected chi connectivity index (χ1v) is 8.67.